The van der Waals surface area contributed by atoms with Crippen LogP contribution in [0.15, 0.2) is 41.4 Å². The van der Waals surface area contributed by atoms with Gasteiger partial charge in [-0.05, 0) is 36.8 Å². The summed E-state index contributed by atoms with van der Waals surface area (Å²) in [7, 11) is -3.65. The van der Waals surface area contributed by atoms with Gasteiger partial charge in [-0.15, -0.1) is 0 Å². The van der Waals surface area contributed by atoms with Crippen LogP contribution in [0.1, 0.15) is 24.5 Å². The molecule has 2 heterocycles. The highest BCUT2D eigenvalue weighted by Gasteiger charge is 2.39. The fourth-order valence-electron chi connectivity index (χ4n) is 2.79. The van der Waals surface area contributed by atoms with Gasteiger partial charge in [-0.3, -0.25) is 4.79 Å². The lowest BCUT2D eigenvalue weighted by Gasteiger charge is -2.37. The third-order valence-electron chi connectivity index (χ3n) is 4.36. The molecule has 8 nitrogen and oxygen atoms in total. The Balaban J connectivity index is 1.66. The van der Waals surface area contributed by atoms with Crippen molar-refractivity contribution in [2.75, 3.05) is 18.4 Å². The van der Waals surface area contributed by atoms with E-state index in [2.05, 4.69) is 10.3 Å². The Kier molecular flexibility index (Phi) is 5.63. The predicted octanol–water partition coefficient (Wildman–Crippen LogP) is 2.06. The van der Waals surface area contributed by atoms with Crippen LogP contribution in [0.2, 0.25) is 0 Å². The first-order valence-corrected chi connectivity index (χ1v) is 10.2. The van der Waals surface area contributed by atoms with Crippen molar-refractivity contribution in [2.45, 2.75) is 31.3 Å². The average molecular weight is 400 g/mol. The summed E-state index contributed by atoms with van der Waals surface area (Å²) in [5.74, 6) is 0.167. The highest BCUT2D eigenvalue weighted by atomic mass is 32.2. The largest absolute Gasteiger partial charge is 0.471 e. The number of hydrogen-bond donors (Lipinski definition) is 1. The number of carbonyl (C=O) groups excluding carboxylic acids is 1. The summed E-state index contributed by atoms with van der Waals surface area (Å²) in [6.45, 7) is 3.85. The number of hydrogen-bond acceptors (Lipinski definition) is 6. The van der Waals surface area contributed by atoms with Gasteiger partial charge in [0.1, 0.15) is 6.10 Å². The van der Waals surface area contributed by atoms with Gasteiger partial charge in [-0.1, -0.05) is 6.92 Å². The van der Waals surface area contributed by atoms with E-state index >= 15 is 0 Å². The van der Waals surface area contributed by atoms with Crippen LogP contribution in [0, 0.1) is 18.3 Å². The molecule has 1 aromatic carbocycles. The number of benzene rings is 1. The van der Waals surface area contributed by atoms with E-state index < -0.39 is 10.0 Å². The van der Waals surface area contributed by atoms with Crippen molar-refractivity contribution in [3.63, 3.8) is 0 Å². The summed E-state index contributed by atoms with van der Waals surface area (Å²) in [6.07, 6.45) is 1.50. The van der Waals surface area contributed by atoms with Crippen molar-refractivity contribution in [1.82, 2.24) is 9.29 Å². The molecule has 2 aromatic rings. The Labute approximate surface area is 163 Å². The summed E-state index contributed by atoms with van der Waals surface area (Å²) in [5.41, 5.74) is 1.55. The van der Waals surface area contributed by atoms with Crippen molar-refractivity contribution < 1.29 is 17.9 Å². The smallest absolute Gasteiger partial charge is 0.243 e. The Morgan fingerprint density at radius 2 is 2.11 bits per heavy atom. The molecule has 1 fully saturated rings. The molecule has 0 radical (unpaired) electrons. The zero-order valence-corrected chi connectivity index (χ0v) is 16.4. The molecule has 0 bridgehead atoms. The monoisotopic (exact) mass is 400 g/mol. The maximum atomic E-state index is 12.8. The molecule has 1 aromatic heterocycles. The lowest BCUT2D eigenvalue weighted by Crippen LogP contribution is -2.56. The molecule has 28 heavy (non-hydrogen) atoms. The maximum Gasteiger partial charge on any atom is 0.243 e. The summed E-state index contributed by atoms with van der Waals surface area (Å²) in [5, 5.41) is 11.6. The molecular formula is C19H20N4O4S. The topological polar surface area (TPSA) is 112 Å². The van der Waals surface area contributed by atoms with Crippen molar-refractivity contribution in [3.8, 4) is 11.9 Å². The minimum absolute atomic E-state index is 0.133. The molecule has 0 unspecified atom stereocenters. The molecule has 0 atom stereocenters. The number of nitrogens with zero attached hydrogens (tertiary/aromatic N) is 3. The van der Waals surface area contributed by atoms with Crippen molar-refractivity contribution in [2.24, 2.45) is 0 Å². The molecule has 3 rings (SSSR count). The third kappa shape index (κ3) is 4.13. The van der Waals surface area contributed by atoms with E-state index in [1.807, 2.05) is 6.07 Å². The maximum absolute atomic E-state index is 12.8. The number of sulfonamides is 1. The van der Waals surface area contributed by atoms with Gasteiger partial charge in [-0.25, -0.2) is 13.4 Å². The number of aromatic nitrogens is 1. The van der Waals surface area contributed by atoms with Crippen molar-refractivity contribution in [3.05, 3.63) is 47.7 Å². The lowest BCUT2D eigenvalue weighted by atomic mass is 10.2. The Hall–Kier alpha value is -2.96. The SMILES string of the molecule is CCC(=O)Nc1ccc(S(=O)(=O)N2CC(Oc3cc(C#N)ccn3)C2)c(C)c1. The molecule has 1 saturated heterocycles. The average Bonchev–Trinajstić information content (AvgIpc) is 2.64. The summed E-state index contributed by atoms with van der Waals surface area (Å²) < 4.78 is 32.7. The number of nitriles is 1. The van der Waals surface area contributed by atoms with Crippen LogP contribution < -0.4 is 10.1 Å². The van der Waals surface area contributed by atoms with E-state index in [9.17, 15) is 13.2 Å². The number of anilines is 1. The van der Waals surface area contributed by atoms with Gasteiger partial charge in [0.2, 0.25) is 21.8 Å². The van der Waals surface area contributed by atoms with Gasteiger partial charge < -0.3 is 10.1 Å². The second kappa shape index (κ2) is 7.96. The number of nitrogens with one attached hydrogen (secondary N) is 1. The van der Waals surface area contributed by atoms with Crippen molar-refractivity contribution in [1.29, 1.82) is 5.26 Å². The number of amides is 1. The molecule has 146 valence electrons. The minimum Gasteiger partial charge on any atom is -0.471 e. The number of aryl methyl sites for hydroxylation is 1. The van der Waals surface area contributed by atoms with E-state index in [0.717, 1.165) is 0 Å². The zero-order valence-electron chi connectivity index (χ0n) is 15.5. The van der Waals surface area contributed by atoms with Crippen LogP contribution in [-0.2, 0) is 14.8 Å². The predicted molar refractivity (Wildman–Crippen MR) is 102 cm³/mol. The van der Waals surface area contributed by atoms with E-state index in [0.29, 0.717) is 29.1 Å². The zero-order chi connectivity index (χ0) is 20.3. The van der Waals surface area contributed by atoms with Crippen LogP contribution in [0.5, 0.6) is 5.88 Å². The number of rotatable bonds is 6. The van der Waals surface area contributed by atoms with Gasteiger partial charge in [0.25, 0.3) is 0 Å². The first kappa shape index (κ1) is 19.8. The molecule has 0 spiro atoms. The van der Waals surface area contributed by atoms with E-state index in [1.165, 1.54) is 22.6 Å². The van der Waals surface area contributed by atoms with Crippen molar-refractivity contribution >= 4 is 21.6 Å². The Morgan fingerprint density at radius 3 is 2.75 bits per heavy atom. The Bertz CT molecular complexity index is 1040. The van der Waals surface area contributed by atoms with Gasteiger partial charge in [-0.2, -0.15) is 9.57 Å². The van der Waals surface area contributed by atoms with Gasteiger partial charge >= 0.3 is 0 Å². The Morgan fingerprint density at radius 1 is 1.36 bits per heavy atom. The van der Waals surface area contributed by atoms with Gasteiger partial charge in [0, 0.05) is 24.4 Å². The fraction of sp³-hybridized carbons (Fsp3) is 0.316. The molecular weight excluding hydrogens is 380 g/mol. The quantitative estimate of drug-likeness (QED) is 0.794. The number of carbonyl (C=O) groups is 1. The summed E-state index contributed by atoms with van der Waals surface area (Å²) >= 11 is 0. The second-order valence-electron chi connectivity index (χ2n) is 6.44. The summed E-state index contributed by atoms with van der Waals surface area (Å²) in [4.78, 5) is 15.7. The van der Waals surface area contributed by atoms with Crippen LogP contribution in [0.3, 0.4) is 0 Å². The highest BCUT2D eigenvalue weighted by molar-refractivity contribution is 7.89. The summed E-state index contributed by atoms with van der Waals surface area (Å²) in [6, 6.07) is 9.82. The molecule has 1 aliphatic heterocycles. The molecule has 0 saturated carbocycles. The standard InChI is InChI=1S/C19H20N4O4S/c1-3-18(24)22-15-4-5-17(13(2)8-15)28(25,26)23-11-16(12-23)27-19-9-14(10-20)6-7-21-19/h4-9,16H,3,11-12H2,1-2H3,(H,22,24). The number of pyridine rings is 1. The van der Waals surface area contributed by atoms with Crippen LogP contribution in [0.4, 0.5) is 5.69 Å². The molecule has 1 amide bonds. The van der Waals surface area contributed by atoms with E-state index in [4.69, 9.17) is 10.00 Å². The van der Waals surface area contributed by atoms with Crippen LogP contribution in [-0.4, -0.2) is 42.8 Å². The number of ether oxygens (including phenoxy) is 1. The van der Waals surface area contributed by atoms with Gasteiger partial charge in [0.05, 0.1) is 29.6 Å². The minimum atomic E-state index is -3.65. The van der Waals surface area contributed by atoms with Crippen LogP contribution >= 0.6 is 0 Å². The highest BCUT2D eigenvalue weighted by Crippen LogP contribution is 2.28. The first-order valence-electron chi connectivity index (χ1n) is 8.77. The van der Waals surface area contributed by atoms with Crippen LogP contribution in [0.25, 0.3) is 0 Å². The normalized spacial score (nSPS) is 14.8. The molecule has 1 N–H and O–H groups in total. The second-order valence-corrected chi connectivity index (χ2v) is 8.34. The fourth-order valence-corrected chi connectivity index (χ4v) is 4.50. The van der Waals surface area contributed by atoms with E-state index in [-0.39, 0.29) is 30.0 Å². The lowest BCUT2D eigenvalue weighted by molar-refractivity contribution is -0.115. The first-order chi connectivity index (χ1) is 13.3. The molecule has 9 heteroatoms. The third-order valence-corrected chi connectivity index (χ3v) is 6.36. The van der Waals surface area contributed by atoms with Gasteiger partial charge in [0.15, 0.2) is 0 Å². The molecule has 0 aliphatic carbocycles. The molecule has 1 aliphatic rings. The van der Waals surface area contributed by atoms with E-state index in [1.54, 1.807) is 32.0 Å².